The monoisotopic (exact) mass is 279 g/mol. The first kappa shape index (κ1) is 13.2. The Morgan fingerprint density at radius 1 is 1.42 bits per heavy atom. The predicted octanol–water partition coefficient (Wildman–Crippen LogP) is 1.91. The van der Waals surface area contributed by atoms with Gasteiger partial charge in [-0.05, 0) is 31.2 Å². The van der Waals surface area contributed by atoms with Crippen LogP contribution in [0.2, 0.25) is 5.02 Å². The largest absolute Gasteiger partial charge is 0.461 e. The lowest BCUT2D eigenvalue weighted by atomic mass is 10.3. The number of carbonyl (C=O) groups is 2. The van der Waals surface area contributed by atoms with E-state index in [1.54, 1.807) is 31.2 Å². The predicted molar refractivity (Wildman–Crippen MR) is 67.7 cm³/mol. The average molecular weight is 280 g/mol. The summed E-state index contributed by atoms with van der Waals surface area (Å²) in [7, 11) is 0. The Balaban J connectivity index is 2.45. The quantitative estimate of drug-likeness (QED) is 0.631. The van der Waals surface area contributed by atoms with E-state index in [2.05, 4.69) is 10.3 Å². The van der Waals surface area contributed by atoms with Gasteiger partial charge in [0.2, 0.25) is 5.69 Å². The summed E-state index contributed by atoms with van der Waals surface area (Å²) in [6.07, 6.45) is 0.515. The van der Waals surface area contributed by atoms with Gasteiger partial charge in [0.15, 0.2) is 6.29 Å². The number of benzene rings is 1. The molecule has 0 aliphatic carbocycles. The van der Waals surface area contributed by atoms with Crippen molar-refractivity contribution in [3.8, 4) is 5.69 Å². The Hall–Kier alpha value is -2.21. The maximum atomic E-state index is 11.6. The zero-order chi connectivity index (χ0) is 13.8. The molecule has 1 aromatic heterocycles. The molecule has 0 N–H and O–H groups in total. The van der Waals surface area contributed by atoms with Crippen molar-refractivity contribution >= 4 is 23.9 Å². The van der Waals surface area contributed by atoms with Crippen LogP contribution in [0.3, 0.4) is 0 Å². The van der Waals surface area contributed by atoms with Gasteiger partial charge in [-0.2, -0.15) is 0 Å². The molecule has 0 atom stereocenters. The molecule has 0 fully saturated rings. The molecule has 0 aliphatic rings. The van der Waals surface area contributed by atoms with Crippen LogP contribution in [0.5, 0.6) is 0 Å². The van der Waals surface area contributed by atoms with Gasteiger partial charge in [-0.15, -0.1) is 5.10 Å². The number of aldehydes is 1. The Bertz CT molecular complexity index is 607. The summed E-state index contributed by atoms with van der Waals surface area (Å²) < 4.78 is 6.06. The number of carbonyl (C=O) groups excluding carboxylic acids is 2. The molecule has 0 radical (unpaired) electrons. The Kier molecular flexibility index (Phi) is 3.91. The maximum absolute atomic E-state index is 11.6. The molecule has 19 heavy (non-hydrogen) atoms. The normalized spacial score (nSPS) is 10.2. The molecule has 7 heteroatoms. The smallest absolute Gasteiger partial charge is 0.361 e. The molecule has 1 aromatic carbocycles. The molecule has 2 rings (SSSR count). The second-order valence-corrected chi connectivity index (χ2v) is 3.99. The lowest BCUT2D eigenvalue weighted by molar-refractivity contribution is 0.0517. The number of esters is 1. The van der Waals surface area contributed by atoms with Gasteiger partial charge in [0.1, 0.15) is 5.69 Å². The lowest BCUT2D eigenvalue weighted by Gasteiger charge is -2.02. The van der Waals surface area contributed by atoms with E-state index in [1.807, 2.05) is 0 Å². The third kappa shape index (κ3) is 2.63. The van der Waals surface area contributed by atoms with Crippen LogP contribution < -0.4 is 0 Å². The number of hydrogen-bond acceptors (Lipinski definition) is 5. The van der Waals surface area contributed by atoms with Crippen molar-refractivity contribution in [3.05, 3.63) is 40.7 Å². The van der Waals surface area contributed by atoms with Gasteiger partial charge in [-0.3, -0.25) is 4.79 Å². The van der Waals surface area contributed by atoms with Gasteiger partial charge in [-0.25, -0.2) is 9.48 Å². The highest BCUT2D eigenvalue weighted by Crippen LogP contribution is 2.15. The summed E-state index contributed by atoms with van der Waals surface area (Å²) in [5, 5.41) is 8.02. The molecule has 1 heterocycles. The third-order valence-electron chi connectivity index (χ3n) is 2.36. The average Bonchev–Trinajstić information content (AvgIpc) is 2.83. The summed E-state index contributed by atoms with van der Waals surface area (Å²) in [6.45, 7) is 1.87. The van der Waals surface area contributed by atoms with Crippen molar-refractivity contribution in [1.82, 2.24) is 15.0 Å². The number of hydrogen-bond donors (Lipinski definition) is 0. The molecule has 0 saturated heterocycles. The topological polar surface area (TPSA) is 74.1 Å². The van der Waals surface area contributed by atoms with Crippen molar-refractivity contribution in [2.45, 2.75) is 6.92 Å². The Morgan fingerprint density at radius 2 is 2.11 bits per heavy atom. The minimum Gasteiger partial charge on any atom is -0.461 e. The number of ether oxygens (including phenoxy) is 1. The molecule has 0 bridgehead atoms. The number of halogens is 1. The standard InChI is InChI=1S/C12H10ClN3O3/c1-2-19-12(18)11-10(7-17)16(15-14-11)9-5-3-8(13)4-6-9/h3-7H,2H2,1H3. The van der Waals surface area contributed by atoms with E-state index in [9.17, 15) is 9.59 Å². The number of rotatable bonds is 4. The molecule has 98 valence electrons. The Morgan fingerprint density at radius 3 is 2.68 bits per heavy atom. The van der Waals surface area contributed by atoms with Crippen LogP contribution in [0.4, 0.5) is 0 Å². The number of nitrogens with zero attached hydrogens (tertiary/aromatic N) is 3. The highest BCUT2D eigenvalue weighted by atomic mass is 35.5. The summed E-state index contributed by atoms with van der Waals surface area (Å²) in [5.74, 6) is -0.676. The lowest BCUT2D eigenvalue weighted by Crippen LogP contribution is -2.09. The van der Waals surface area contributed by atoms with E-state index < -0.39 is 5.97 Å². The fraction of sp³-hybridized carbons (Fsp3) is 0.167. The molecular formula is C12H10ClN3O3. The first-order valence-corrected chi connectivity index (χ1v) is 5.89. The Labute approximate surface area is 113 Å². The zero-order valence-corrected chi connectivity index (χ0v) is 10.8. The summed E-state index contributed by atoms with van der Waals surface area (Å²) in [5.41, 5.74) is 0.516. The van der Waals surface area contributed by atoms with E-state index in [0.717, 1.165) is 0 Å². The third-order valence-corrected chi connectivity index (χ3v) is 2.61. The molecule has 6 nitrogen and oxygen atoms in total. The van der Waals surface area contributed by atoms with Crippen molar-refractivity contribution < 1.29 is 14.3 Å². The van der Waals surface area contributed by atoms with Crippen LogP contribution in [0, 0.1) is 0 Å². The fourth-order valence-corrected chi connectivity index (χ4v) is 1.64. The summed E-state index contributed by atoms with van der Waals surface area (Å²) in [4.78, 5) is 22.7. The highest BCUT2D eigenvalue weighted by Gasteiger charge is 2.21. The van der Waals surface area contributed by atoms with Gasteiger partial charge < -0.3 is 4.74 Å². The molecule has 0 unspecified atom stereocenters. The highest BCUT2D eigenvalue weighted by molar-refractivity contribution is 6.30. The molecule has 0 amide bonds. The first-order chi connectivity index (χ1) is 9.17. The van der Waals surface area contributed by atoms with Crippen LogP contribution in [-0.2, 0) is 4.74 Å². The van der Waals surface area contributed by atoms with E-state index in [4.69, 9.17) is 16.3 Å². The second kappa shape index (κ2) is 5.62. The maximum Gasteiger partial charge on any atom is 0.361 e. The van der Waals surface area contributed by atoms with Crippen molar-refractivity contribution in [1.29, 1.82) is 0 Å². The molecular weight excluding hydrogens is 270 g/mol. The second-order valence-electron chi connectivity index (χ2n) is 3.55. The van der Waals surface area contributed by atoms with Crippen LogP contribution in [-0.4, -0.2) is 33.9 Å². The summed E-state index contributed by atoms with van der Waals surface area (Å²) >= 11 is 5.78. The van der Waals surface area contributed by atoms with Crippen molar-refractivity contribution in [2.24, 2.45) is 0 Å². The molecule has 2 aromatic rings. The van der Waals surface area contributed by atoms with E-state index >= 15 is 0 Å². The number of aromatic nitrogens is 3. The summed E-state index contributed by atoms with van der Waals surface area (Å²) in [6, 6.07) is 6.63. The molecule has 0 spiro atoms. The minimum atomic E-state index is -0.676. The van der Waals surface area contributed by atoms with Crippen LogP contribution in [0.15, 0.2) is 24.3 Å². The van der Waals surface area contributed by atoms with E-state index in [0.29, 0.717) is 17.0 Å². The van der Waals surface area contributed by atoms with Gasteiger partial charge in [-0.1, -0.05) is 16.8 Å². The van der Waals surface area contributed by atoms with E-state index in [1.165, 1.54) is 4.68 Å². The van der Waals surface area contributed by atoms with Crippen molar-refractivity contribution in [3.63, 3.8) is 0 Å². The van der Waals surface area contributed by atoms with Gasteiger partial charge >= 0.3 is 5.97 Å². The van der Waals surface area contributed by atoms with Gasteiger partial charge in [0.05, 0.1) is 12.3 Å². The fourth-order valence-electron chi connectivity index (χ4n) is 1.51. The van der Waals surface area contributed by atoms with Crippen LogP contribution >= 0.6 is 11.6 Å². The van der Waals surface area contributed by atoms with Crippen molar-refractivity contribution in [2.75, 3.05) is 6.61 Å². The van der Waals surface area contributed by atoms with Gasteiger partial charge in [0.25, 0.3) is 0 Å². The zero-order valence-electron chi connectivity index (χ0n) is 10.0. The first-order valence-electron chi connectivity index (χ1n) is 5.51. The van der Waals surface area contributed by atoms with E-state index in [-0.39, 0.29) is 18.0 Å². The minimum absolute atomic E-state index is 0.0424. The van der Waals surface area contributed by atoms with Crippen LogP contribution in [0.1, 0.15) is 27.9 Å². The van der Waals surface area contributed by atoms with Gasteiger partial charge in [0, 0.05) is 5.02 Å². The molecule has 0 saturated carbocycles. The molecule has 0 aliphatic heterocycles. The van der Waals surface area contributed by atoms with Crippen LogP contribution in [0.25, 0.3) is 5.69 Å². The SMILES string of the molecule is CCOC(=O)c1nnn(-c2ccc(Cl)cc2)c1C=O.